The van der Waals surface area contributed by atoms with Crippen molar-refractivity contribution in [2.75, 3.05) is 0 Å². The molecule has 0 amide bonds. The van der Waals surface area contributed by atoms with E-state index in [9.17, 15) is 4.79 Å². The fourth-order valence-electron chi connectivity index (χ4n) is 0.380. The highest BCUT2D eigenvalue weighted by atomic mass is 16.7. The molecule has 0 aromatic heterocycles. The first kappa shape index (κ1) is 7.83. The van der Waals surface area contributed by atoms with Gasteiger partial charge in [0.2, 0.25) is 0 Å². The molecule has 0 aliphatic heterocycles. The Morgan fingerprint density at radius 3 is 2.89 bits per heavy atom. The lowest BCUT2D eigenvalue weighted by Crippen LogP contribution is -2.11. The molecule has 0 radical (unpaired) electrons. The molecule has 1 atom stereocenters. The molecule has 50 valence electrons. The highest BCUT2D eigenvalue weighted by Gasteiger charge is 2.03. The van der Waals surface area contributed by atoms with E-state index in [1.165, 1.54) is 0 Å². The quantitative estimate of drug-likeness (QED) is 0.447. The molecule has 3 heteroatoms. The lowest BCUT2D eigenvalue weighted by Gasteiger charge is -2.04. The Balaban J connectivity index is 3.40. The van der Waals surface area contributed by atoms with Crippen LogP contribution >= 0.6 is 0 Å². The van der Waals surface area contributed by atoms with Gasteiger partial charge in [-0.15, -0.1) is 12.3 Å². The molecule has 0 aliphatic carbocycles. The molecule has 0 bridgehead atoms. The largest absolute Gasteiger partial charge is 0.506 e. The predicted molar refractivity (Wildman–Crippen MR) is 32.0 cm³/mol. The third-order valence-electron chi connectivity index (χ3n) is 0.707. The van der Waals surface area contributed by atoms with Gasteiger partial charge in [-0.2, -0.15) is 0 Å². The van der Waals surface area contributed by atoms with Gasteiger partial charge in [-0.3, -0.25) is 0 Å². The molecule has 0 rings (SSSR count). The van der Waals surface area contributed by atoms with Crippen LogP contribution in [-0.2, 0) is 4.74 Å². The lowest BCUT2D eigenvalue weighted by atomic mass is 10.3. The molecule has 0 saturated carbocycles. The van der Waals surface area contributed by atoms with E-state index >= 15 is 0 Å². The fourth-order valence-corrected chi connectivity index (χ4v) is 0.380. The summed E-state index contributed by atoms with van der Waals surface area (Å²) in [6.07, 6.45) is 3.53. The fraction of sp³-hybridized carbons (Fsp3) is 0.500. The van der Waals surface area contributed by atoms with Crippen LogP contribution in [0.5, 0.6) is 0 Å². The summed E-state index contributed by atoms with van der Waals surface area (Å²) in [5, 5.41) is 8.02. The van der Waals surface area contributed by atoms with Gasteiger partial charge in [0.25, 0.3) is 0 Å². The predicted octanol–water partition coefficient (Wildman–Crippen LogP) is 1.09. The summed E-state index contributed by atoms with van der Waals surface area (Å²) in [6, 6.07) is 0. The highest BCUT2D eigenvalue weighted by molar-refractivity contribution is 5.57. The lowest BCUT2D eigenvalue weighted by molar-refractivity contribution is 0.0610. The second-order valence-corrected chi connectivity index (χ2v) is 1.60. The van der Waals surface area contributed by atoms with Gasteiger partial charge in [-0.1, -0.05) is 0 Å². The van der Waals surface area contributed by atoms with Crippen molar-refractivity contribution in [3.05, 3.63) is 0 Å². The Kier molecular flexibility index (Phi) is 3.29. The normalized spacial score (nSPS) is 11.6. The highest BCUT2D eigenvalue weighted by Crippen LogP contribution is 1.94. The number of rotatable bonds is 2. The van der Waals surface area contributed by atoms with E-state index in [-0.39, 0.29) is 0 Å². The van der Waals surface area contributed by atoms with Crippen molar-refractivity contribution in [3.8, 4) is 12.3 Å². The van der Waals surface area contributed by atoms with Crippen LogP contribution in [0.4, 0.5) is 4.79 Å². The molecular formula is C6H8O3. The van der Waals surface area contributed by atoms with Crippen molar-refractivity contribution in [2.24, 2.45) is 0 Å². The van der Waals surface area contributed by atoms with Crippen molar-refractivity contribution in [2.45, 2.75) is 19.4 Å². The summed E-state index contributed by atoms with van der Waals surface area (Å²) >= 11 is 0. The summed E-state index contributed by atoms with van der Waals surface area (Å²) in [5.41, 5.74) is 0. The van der Waals surface area contributed by atoms with Gasteiger partial charge in [-0.05, 0) is 6.92 Å². The van der Waals surface area contributed by atoms with Gasteiger partial charge in [0.1, 0.15) is 6.10 Å². The zero-order chi connectivity index (χ0) is 7.28. The third-order valence-corrected chi connectivity index (χ3v) is 0.707. The van der Waals surface area contributed by atoms with E-state index in [4.69, 9.17) is 11.5 Å². The van der Waals surface area contributed by atoms with Crippen LogP contribution in [0, 0.1) is 12.3 Å². The first-order valence-corrected chi connectivity index (χ1v) is 2.50. The van der Waals surface area contributed by atoms with Crippen LogP contribution in [0.15, 0.2) is 0 Å². The molecule has 0 aromatic rings. The Hall–Kier alpha value is -1.17. The number of terminal acetylenes is 1. The Morgan fingerprint density at radius 1 is 2.00 bits per heavy atom. The third kappa shape index (κ3) is 4.69. The Morgan fingerprint density at radius 2 is 2.56 bits per heavy atom. The smallest absolute Gasteiger partial charge is 0.450 e. The van der Waals surface area contributed by atoms with Crippen LogP contribution in [0.25, 0.3) is 0 Å². The van der Waals surface area contributed by atoms with E-state index in [1.807, 2.05) is 0 Å². The van der Waals surface area contributed by atoms with Gasteiger partial charge >= 0.3 is 6.16 Å². The summed E-state index contributed by atoms with van der Waals surface area (Å²) in [6.45, 7) is 1.61. The number of carboxylic acid groups (broad SMARTS) is 1. The minimum Gasteiger partial charge on any atom is -0.450 e. The van der Waals surface area contributed by atoms with Crippen LogP contribution in [-0.4, -0.2) is 17.4 Å². The van der Waals surface area contributed by atoms with E-state index in [2.05, 4.69) is 10.7 Å². The van der Waals surface area contributed by atoms with Crippen molar-refractivity contribution >= 4 is 6.16 Å². The Labute approximate surface area is 53.6 Å². The molecule has 0 fully saturated rings. The van der Waals surface area contributed by atoms with E-state index < -0.39 is 12.3 Å². The van der Waals surface area contributed by atoms with Crippen LogP contribution < -0.4 is 0 Å². The molecule has 0 spiro atoms. The summed E-state index contributed by atoms with van der Waals surface area (Å²) in [7, 11) is 0. The van der Waals surface area contributed by atoms with Crippen molar-refractivity contribution in [1.29, 1.82) is 0 Å². The summed E-state index contributed by atoms with van der Waals surface area (Å²) in [5.74, 6) is 2.28. The molecule has 3 nitrogen and oxygen atoms in total. The van der Waals surface area contributed by atoms with Gasteiger partial charge in [0.05, 0.1) is 0 Å². The van der Waals surface area contributed by atoms with Crippen molar-refractivity contribution < 1.29 is 14.6 Å². The second-order valence-electron chi connectivity index (χ2n) is 1.60. The van der Waals surface area contributed by atoms with Crippen molar-refractivity contribution in [3.63, 3.8) is 0 Å². The molecule has 0 aliphatic rings. The van der Waals surface area contributed by atoms with Crippen LogP contribution in [0.2, 0.25) is 0 Å². The van der Waals surface area contributed by atoms with Gasteiger partial charge in [0, 0.05) is 6.42 Å². The number of carbonyl (C=O) groups is 1. The maximum absolute atomic E-state index is 9.79. The van der Waals surface area contributed by atoms with Gasteiger partial charge in [-0.25, -0.2) is 4.79 Å². The van der Waals surface area contributed by atoms with E-state index in [0.29, 0.717) is 6.42 Å². The molecule has 1 unspecified atom stereocenters. The number of hydrogen-bond donors (Lipinski definition) is 1. The second kappa shape index (κ2) is 3.79. The van der Waals surface area contributed by atoms with Crippen LogP contribution in [0.3, 0.4) is 0 Å². The topological polar surface area (TPSA) is 46.5 Å². The zero-order valence-electron chi connectivity index (χ0n) is 5.13. The number of ether oxygens (including phenoxy) is 1. The van der Waals surface area contributed by atoms with E-state index in [0.717, 1.165) is 0 Å². The average molecular weight is 128 g/mol. The van der Waals surface area contributed by atoms with Gasteiger partial charge < -0.3 is 9.84 Å². The number of hydrogen-bond acceptors (Lipinski definition) is 2. The molecule has 1 N–H and O–H groups in total. The van der Waals surface area contributed by atoms with Crippen LogP contribution in [0.1, 0.15) is 13.3 Å². The maximum atomic E-state index is 9.79. The first-order chi connectivity index (χ1) is 4.16. The standard InChI is InChI=1S/C6H8O3/c1-3-4-5(2)9-6(7)8/h1,5H,4H2,2H3,(H,7,8). The molecule has 0 aromatic carbocycles. The summed E-state index contributed by atoms with van der Waals surface area (Å²) in [4.78, 5) is 9.79. The van der Waals surface area contributed by atoms with Gasteiger partial charge in [0.15, 0.2) is 0 Å². The molecular weight excluding hydrogens is 120 g/mol. The maximum Gasteiger partial charge on any atom is 0.506 e. The molecule has 0 heterocycles. The monoisotopic (exact) mass is 128 g/mol. The molecule has 9 heavy (non-hydrogen) atoms. The van der Waals surface area contributed by atoms with Crippen molar-refractivity contribution in [1.82, 2.24) is 0 Å². The van der Waals surface area contributed by atoms with E-state index in [1.54, 1.807) is 6.92 Å². The summed E-state index contributed by atoms with van der Waals surface area (Å²) < 4.78 is 4.26. The average Bonchev–Trinajstić information content (AvgIpc) is 1.63. The minimum atomic E-state index is -1.28. The zero-order valence-corrected chi connectivity index (χ0v) is 5.13. The first-order valence-electron chi connectivity index (χ1n) is 2.50. The molecule has 0 saturated heterocycles. The Bertz CT molecular complexity index is 134. The SMILES string of the molecule is C#CCC(C)OC(=O)O. The minimum absolute atomic E-state index is 0.326.